The number of thiophene rings is 1. The SMILES string of the molecule is CC(N)c1nc2scc(Cl)c2cc1-c1ccccc1. The number of benzene rings is 1. The maximum absolute atomic E-state index is 6.20. The summed E-state index contributed by atoms with van der Waals surface area (Å²) in [7, 11) is 0. The van der Waals surface area contributed by atoms with Crippen LogP contribution < -0.4 is 5.73 Å². The summed E-state index contributed by atoms with van der Waals surface area (Å²) in [6.07, 6.45) is 0. The second-order valence-corrected chi connectivity index (χ2v) is 5.78. The zero-order valence-corrected chi connectivity index (χ0v) is 12.0. The molecular weight excluding hydrogens is 276 g/mol. The van der Waals surface area contributed by atoms with E-state index in [0.717, 1.165) is 32.1 Å². The fourth-order valence-corrected chi connectivity index (χ4v) is 3.26. The number of hydrogen-bond donors (Lipinski definition) is 1. The Morgan fingerprint density at radius 3 is 2.68 bits per heavy atom. The molecule has 0 aliphatic heterocycles. The van der Waals surface area contributed by atoms with Crippen molar-refractivity contribution in [3.05, 3.63) is 52.5 Å². The molecule has 0 aliphatic carbocycles. The zero-order valence-electron chi connectivity index (χ0n) is 10.4. The van der Waals surface area contributed by atoms with E-state index in [-0.39, 0.29) is 6.04 Å². The quantitative estimate of drug-likeness (QED) is 0.746. The van der Waals surface area contributed by atoms with E-state index in [0.29, 0.717) is 0 Å². The molecule has 0 amide bonds. The van der Waals surface area contributed by atoms with E-state index >= 15 is 0 Å². The standard InChI is InChI=1S/C15H13ClN2S/c1-9(17)14-11(10-5-3-2-4-6-10)7-12-13(16)8-19-15(12)18-14/h2-9H,17H2,1H3. The van der Waals surface area contributed by atoms with Crippen molar-refractivity contribution in [3.8, 4) is 11.1 Å². The summed E-state index contributed by atoms with van der Waals surface area (Å²) in [5.41, 5.74) is 9.15. The minimum absolute atomic E-state index is 0.111. The van der Waals surface area contributed by atoms with Gasteiger partial charge in [0.2, 0.25) is 0 Å². The number of fused-ring (bicyclic) bond motifs is 1. The molecule has 2 N–H and O–H groups in total. The third-order valence-corrected chi connectivity index (χ3v) is 4.39. The highest BCUT2D eigenvalue weighted by Crippen LogP contribution is 2.35. The second kappa shape index (κ2) is 4.93. The second-order valence-electron chi connectivity index (χ2n) is 4.51. The van der Waals surface area contributed by atoms with Crippen LogP contribution in [-0.4, -0.2) is 4.98 Å². The van der Waals surface area contributed by atoms with E-state index in [2.05, 4.69) is 23.2 Å². The number of halogens is 1. The highest BCUT2D eigenvalue weighted by Gasteiger charge is 2.14. The molecule has 96 valence electrons. The lowest BCUT2D eigenvalue weighted by molar-refractivity contribution is 0.790. The highest BCUT2D eigenvalue weighted by molar-refractivity contribution is 7.17. The summed E-state index contributed by atoms with van der Waals surface area (Å²) in [4.78, 5) is 5.62. The van der Waals surface area contributed by atoms with E-state index in [1.807, 2.05) is 30.5 Å². The number of hydrogen-bond acceptors (Lipinski definition) is 3. The van der Waals surface area contributed by atoms with Crippen molar-refractivity contribution in [2.75, 3.05) is 0 Å². The molecule has 0 radical (unpaired) electrons. The van der Waals surface area contributed by atoms with Crippen molar-refractivity contribution in [2.24, 2.45) is 5.73 Å². The summed E-state index contributed by atoms with van der Waals surface area (Å²) in [6, 6.07) is 12.1. The number of nitrogens with two attached hydrogens (primary N) is 1. The number of pyridine rings is 1. The molecule has 0 fully saturated rings. The van der Waals surface area contributed by atoms with Crippen LogP contribution >= 0.6 is 22.9 Å². The van der Waals surface area contributed by atoms with Crippen molar-refractivity contribution in [1.82, 2.24) is 4.98 Å². The molecule has 0 saturated heterocycles. The predicted molar refractivity (Wildman–Crippen MR) is 82.7 cm³/mol. The molecule has 19 heavy (non-hydrogen) atoms. The first-order valence-corrected chi connectivity index (χ1v) is 7.31. The van der Waals surface area contributed by atoms with Crippen molar-refractivity contribution in [3.63, 3.8) is 0 Å². The van der Waals surface area contributed by atoms with Crippen LogP contribution in [0.2, 0.25) is 5.02 Å². The van der Waals surface area contributed by atoms with Crippen molar-refractivity contribution in [1.29, 1.82) is 0 Å². The maximum Gasteiger partial charge on any atom is 0.125 e. The van der Waals surface area contributed by atoms with Crippen LogP contribution in [0.25, 0.3) is 21.3 Å². The van der Waals surface area contributed by atoms with Crippen LogP contribution in [0.15, 0.2) is 41.8 Å². The molecule has 2 aromatic heterocycles. The van der Waals surface area contributed by atoms with Crippen LogP contribution in [0.5, 0.6) is 0 Å². The van der Waals surface area contributed by atoms with Crippen LogP contribution in [0.1, 0.15) is 18.7 Å². The van der Waals surface area contributed by atoms with Crippen molar-refractivity contribution in [2.45, 2.75) is 13.0 Å². The summed E-state index contributed by atoms with van der Waals surface area (Å²) in [5.74, 6) is 0. The van der Waals surface area contributed by atoms with Crippen molar-refractivity contribution < 1.29 is 0 Å². The Labute approximate surface area is 120 Å². The minimum atomic E-state index is -0.111. The lowest BCUT2D eigenvalue weighted by atomic mass is 10.00. The van der Waals surface area contributed by atoms with Gasteiger partial charge in [-0.25, -0.2) is 4.98 Å². The van der Waals surface area contributed by atoms with Gasteiger partial charge < -0.3 is 5.73 Å². The Morgan fingerprint density at radius 2 is 2.00 bits per heavy atom. The molecule has 3 aromatic rings. The van der Waals surface area contributed by atoms with E-state index in [4.69, 9.17) is 17.3 Å². The Kier molecular flexibility index (Phi) is 3.27. The van der Waals surface area contributed by atoms with Gasteiger partial charge in [-0.3, -0.25) is 0 Å². The fraction of sp³-hybridized carbons (Fsp3) is 0.133. The Hall–Kier alpha value is -1.42. The summed E-state index contributed by atoms with van der Waals surface area (Å²) in [5, 5.41) is 3.66. The van der Waals surface area contributed by atoms with Gasteiger partial charge in [0.05, 0.1) is 10.7 Å². The zero-order chi connectivity index (χ0) is 13.4. The summed E-state index contributed by atoms with van der Waals surface area (Å²) >= 11 is 7.75. The molecule has 3 rings (SSSR count). The Morgan fingerprint density at radius 1 is 1.26 bits per heavy atom. The molecule has 0 saturated carbocycles. The average molecular weight is 289 g/mol. The third-order valence-electron chi connectivity index (χ3n) is 3.06. The van der Waals surface area contributed by atoms with Crippen molar-refractivity contribution >= 4 is 33.2 Å². The minimum Gasteiger partial charge on any atom is -0.323 e. The van der Waals surface area contributed by atoms with Crippen LogP contribution in [0.3, 0.4) is 0 Å². The van der Waals surface area contributed by atoms with Gasteiger partial charge in [0.25, 0.3) is 0 Å². The van der Waals surface area contributed by atoms with Gasteiger partial charge in [-0.15, -0.1) is 11.3 Å². The van der Waals surface area contributed by atoms with Gasteiger partial charge in [0.1, 0.15) is 4.83 Å². The molecule has 2 heterocycles. The predicted octanol–water partition coefficient (Wildman–Crippen LogP) is 4.64. The number of nitrogens with zero attached hydrogens (tertiary/aromatic N) is 1. The normalized spacial score (nSPS) is 12.8. The van der Waals surface area contributed by atoms with Gasteiger partial charge in [-0.1, -0.05) is 41.9 Å². The molecule has 0 aliphatic rings. The molecule has 1 aromatic carbocycles. The monoisotopic (exact) mass is 288 g/mol. The Bertz CT molecular complexity index is 720. The first-order valence-electron chi connectivity index (χ1n) is 6.05. The number of rotatable bonds is 2. The average Bonchev–Trinajstić information content (AvgIpc) is 2.79. The largest absolute Gasteiger partial charge is 0.323 e. The third kappa shape index (κ3) is 2.25. The fourth-order valence-electron chi connectivity index (χ4n) is 2.14. The lowest BCUT2D eigenvalue weighted by Gasteiger charge is -2.12. The van der Waals surface area contributed by atoms with Gasteiger partial charge >= 0.3 is 0 Å². The Balaban J connectivity index is 2.31. The highest BCUT2D eigenvalue weighted by atomic mass is 35.5. The summed E-state index contributed by atoms with van der Waals surface area (Å²) in [6.45, 7) is 1.95. The smallest absolute Gasteiger partial charge is 0.125 e. The van der Waals surface area contributed by atoms with E-state index in [9.17, 15) is 0 Å². The topological polar surface area (TPSA) is 38.9 Å². The van der Waals surface area contributed by atoms with Gasteiger partial charge in [-0.2, -0.15) is 0 Å². The number of aromatic nitrogens is 1. The van der Waals surface area contributed by atoms with E-state index < -0.39 is 0 Å². The van der Waals surface area contributed by atoms with E-state index in [1.54, 1.807) is 11.3 Å². The first kappa shape index (κ1) is 12.6. The van der Waals surface area contributed by atoms with Crippen LogP contribution in [-0.2, 0) is 0 Å². The first-order chi connectivity index (χ1) is 9.16. The lowest BCUT2D eigenvalue weighted by Crippen LogP contribution is -2.09. The van der Waals surface area contributed by atoms with Gasteiger partial charge in [-0.05, 0) is 18.6 Å². The molecule has 4 heteroatoms. The van der Waals surface area contributed by atoms with Gasteiger partial charge in [0.15, 0.2) is 0 Å². The molecule has 0 spiro atoms. The molecule has 0 bridgehead atoms. The van der Waals surface area contributed by atoms with Gasteiger partial charge in [0, 0.05) is 22.4 Å². The molecule has 2 nitrogen and oxygen atoms in total. The molecular formula is C15H13ClN2S. The van der Waals surface area contributed by atoms with E-state index in [1.165, 1.54) is 0 Å². The maximum atomic E-state index is 6.20. The molecule has 1 atom stereocenters. The molecule has 1 unspecified atom stereocenters. The van der Waals surface area contributed by atoms with Crippen LogP contribution in [0, 0.1) is 0 Å². The van der Waals surface area contributed by atoms with Crippen LogP contribution in [0.4, 0.5) is 0 Å². The summed E-state index contributed by atoms with van der Waals surface area (Å²) < 4.78 is 0.